The van der Waals surface area contributed by atoms with E-state index in [1.807, 2.05) is 12.1 Å². The monoisotopic (exact) mass is 481 g/mol. The van der Waals surface area contributed by atoms with Crippen LogP contribution in [0.1, 0.15) is 24.0 Å². The van der Waals surface area contributed by atoms with E-state index >= 15 is 0 Å². The Morgan fingerprint density at radius 1 is 1.28 bits per heavy atom. The van der Waals surface area contributed by atoms with Gasteiger partial charge in [0.1, 0.15) is 0 Å². The predicted molar refractivity (Wildman–Crippen MR) is 112 cm³/mol. The van der Waals surface area contributed by atoms with Crippen molar-refractivity contribution in [3.8, 4) is 0 Å². The lowest BCUT2D eigenvalue weighted by Gasteiger charge is -2.35. The lowest BCUT2D eigenvalue weighted by Crippen LogP contribution is -2.53. The van der Waals surface area contributed by atoms with Gasteiger partial charge in [-0.05, 0) is 25.3 Å². The maximum absolute atomic E-state index is 12.3. The molecule has 0 bridgehead atoms. The van der Waals surface area contributed by atoms with Gasteiger partial charge in [-0.2, -0.15) is 0 Å². The maximum Gasteiger partial charge on any atom is 0.191 e. The molecule has 1 saturated heterocycles. The second-order valence-corrected chi connectivity index (χ2v) is 8.75. The first-order valence-corrected chi connectivity index (χ1v) is 10.0. The first kappa shape index (κ1) is 22.2. The molecule has 1 aliphatic heterocycles. The number of aryl methyl sites for hydroxylation is 1. The van der Waals surface area contributed by atoms with E-state index in [9.17, 15) is 8.42 Å². The molecular formula is C17H28IN3O3S. The highest BCUT2D eigenvalue weighted by Crippen LogP contribution is 2.28. The Balaban J connectivity index is 0.00000312. The molecule has 25 heavy (non-hydrogen) atoms. The van der Waals surface area contributed by atoms with Crippen LogP contribution in [0.3, 0.4) is 0 Å². The molecule has 1 aromatic rings. The molecule has 1 aromatic carbocycles. The molecule has 0 saturated carbocycles. The Bertz CT molecular complexity index is 686. The van der Waals surface area contributed by atoms with E-state index in [-0.39, 0.29) is 24.0 Å². The van der Waals surface area contributed by atoms with Gasteiger partial charge >= 0.3 is 0 Å². The van der Waals surface area contributed by atoms with Crippen molar-refractivity contribution < 1.29 is 13.2 Å². The molecular weight excluding hydrogens is 453 g/mol. The van der Waals surface area contributed by atoms with E-state index in [1.54, 1.807) is 7.05 Å². The van der Waals surface area contributed by atoms with Gasteiger partial charge in [0.05, 0.1) is 4.75 Å². The minimum absolute atomic E-state index is 0. The number of hydrogen-bond donors (Lipinski definition) is 2. The van der Waals surface area contributed by atoms with Crippen LogP contribution in [0.25, 0.3) is 0 Å². The van der Waals surface area contributed by atoms with Crippen LogP contribution in [0.15, 0.2) is 29.3 Å². The summed E-state index contributed by atoms with van der Waals surface area (Å²) in [6.45, 7) is 3.98. The largest absolute Gasteiger partial charge is 0.381 e. The van der Waals surface area contributed by atoms with Gasteiger partial charge in [-0.25, -0.2) is 8.42 Å². The molecule has 8 heteroatoms. The van der Waals surface area contributed by atoms with Crippen LogP contribution in [0.5, 0.6) is 0 Å². The number of sulfone groups is 1. The van der Waals surface area contributed by atoms with E-state index < -0.39 is 14.6 Å². The molecule has 0 aromatic heterocycles. The molecule has 0 aliphatic carbocycles. The summed E-state index contributed by atoms with van der Waals surface area (Å²) < 4.78 is 29.1. The number of benzene rings is 1. The molecule has 142 valence electrons. The highest BCUT2D eigenvalue weighted by Gasteiger charge is 2.42. The number of guanidine groups is 1. The molecule has 1 fully saturated rings. The molecule has 0 spiro atoms. The quantitative estimate of drug-likeness (QED) is 0.382. The van der Waals surface area contributed by atoms with Gasteiger partial charge in [-0.15, -0.1) is 24.0 Å². The van der Waals surface area contributed by atoms with Crippen molar-refractivity contribution in [2.45, 2.75) is 31.1 Å². The van der Waals surface area contributed by atoms with Crippen molar-refractivity contribution in [2.75, 3.05) is 33.1 Å². The highest BCUT2D eigenvalue weighted by atomic mass is 127. The minimum atomic E-state index is -3.19. The van der Waals surface area contributed by atoms with Gasteiger partial charge in [-0.1, -0.05) is 29.8 Å². The number of aliphatic imine (C=N–C) groups is 1. The Hall–Kier alpha value is -0.870. The van der Waals surface area contributed by atoms with Crippen molar-refractivity contribution in [2.24, 2.45) is 4.99 Å². The van der Waals surface area contributed by atoms with Crippen molar-refractivity contribution in [1.29, 1.82) is 0 Å². The van der Waals surface area contributed by atoms with Crippen molar-refractivity contribution >= 4 is 39.8 Å². The predicted octanol–water partition coefficient (Wildman–Crippen LogP) is 1.87. The number of ether oxygens (including phenoxy) is 1. The Morgan fingerprint density at radius 3 is 2.52 bits per heavy atom. The molecule has 0 radical (unpaired) electrons. The fourth-order valence-electron chi connectivity index (χ4n) is 2.90. The summed E-state index contributed by atoms with van der Waals surface area (Å²) in [4.78, 5) is 4.19. The smallest absolute Gasteiger partial charge is 0.191 e. The van der Waals surface area contributed by atoms with E-state index in [4.69, 9.17) is 4.74 Å². The van der Waals surface area contributed by atoms with Crippen LogP contribution in [0.2, 0.25) is 0 Å². The fourth-order valence-corrected chi connectivity index (χ4v) is 4.14. The fraction of sp³-hybridized carbons (Fsp3) is 0.588. The van der Waals surface area contributed by atoms with Gasteiger partial charge in [0.15, 0.2) is 15.8 Å². The van der Waals surface area contributed by atoms with Crippen LogP contribution < -0.4 is 10.6 Å². The molecule has 1 aliphatic rings. The topological polar surface area (TPSA) is 79.8 Å². The molecule has 0 atom stereocenters. The third-order valence-corrected chi connectivity index (χ3v) is 6.66. The van der Waals surface area contributed by atoms with Crippen LogP contribution in [0, 0.1) is 6.92 Å². The lowest BCUT2D eigenvalue weighted by atomic mass is 9.99. The highest BCUT2D eigenvalue weighted by molar-refractivity contribution is 14.0. The number of nitrogens with zero attached hydrogens (tertiary/aromatic N) is 1. The SMILES string of the molecule is CN=C(NCc1cccc(C)c1)NCC1(S(C)(=O)=O)CCOCC1.I. The average molecular weight is 481 g/mol. The average Bonchev–Trinajstić information content (AvgIpc) is 2.55. The molecule has 0 amide bonds. The number of halogens is 1. The molecule has 6 nitrogen and oxygen atoms in total. The van der Waals surface area contributed by atoms with Crippen molar-refractivity contribution in [3.05, 3.63) is 35.4 Å². The van der Waals surface area contributed by atoms with Crippen molar-refractivity contribution in [3.63, 3.8) is 0 Å². The first-order valence-electron chi connectivity index (χ1n) is 8.14. The maximum atomic E-state index is 12.3. The van der Waals surface area contributed by atoms with E-state index in [0.717, 1.165) is 5.56 Å². The summed E-state index contributed by atoms with van der Waals surface area (Å²) in [5, 5.41) is 6.41. The van der Waals surface area contributed by atoms with E-state index in [0.29, 0.717) is 45.1 Å². The standard InChI is InChI=1S/C17H27N3O3S.HI/c1-14-5-4-6-15(11-14)12-19-16(18-2)20-13-17(24(3,21)22)7-9-23-10-8-17;/h4-6,11H,7-10,12-13H2,1-3H3,(H2,18,19,20);1H. The molecule has 2 rings (SSSR count). The molecule has 1 heterocycles. The Labute approximate surface area is 167 Å². The van der Waals surface area contributed by atoms with Crippen LogP contribution in [-0.4, -0.2) is 52.2 Å². The van der Waals surface area contributed by atoms with Gasteiger partial charge in [0, 0.05) is 39.6 Å². The van der Waals surface area contributed by atoms with E-state index in [2.05, 4.69) is 34.7 Å². The van der Waals surface area contributed by atoms with Gasteiger partial charge < -0.3 is 15.4 Å². The molecule has 2 N–H and O–H groups in total. The Kier molecular flexibility index (Phi) is 8.62. The lowest BCUT2D eigenvalue weighted by molar-refractivity contribution is 0.0756. The molecule has 0 unspecified atom stereocenters. The number of rotatable bonds is 5. The number of nitrogens with one attached hydrogen (secondary N) is 2. The van der Waals surface area contributed by atoms with E-state index in [1.165, 1.54) is 11.8 Å². The zero-order valence-electron chi connectivity index (χ0n) is 15.0. The summed E-state index contributed by atoms with van der Waals surface area (Å²) >= 11 is 0. The summed E-state index contributed by atoms with van der Waals surface area (Å²) in [6, 6.07) is 8.22. The summed E-state index contributed by atoms with van der Waals surface area (Å²) in [7, 11) is -1.51. The summed E-state index contributed by atoms with van der Waals surface area (Å²) in [5.74, 6) is 0.603. The van der Waals surface area contributed by atoms with Crippen LogP contribution in [-0.2, 0) is 21.1 Å². The summed E-state index contributed by atoms with van der Waals surface area (Å²) in [6.07, 6.45) is 2.32. The third kappa shape index (κ3) is 6.10. The van der Waals surface area contributed by atoms with Crippen molar-refractivity contribution in [1.82, 2.24) is 10.6 Å². The number of hydrogen-bond acceptors (Lipinski definition) is 4. The van der Waals surface area contributed by atoms with Crippen LogP contribution >= 0.6 is 24.0 Å². The van der Waals surface area contributed by atoms with Crippen LogP contribution in [0.4, 0.5) is 0 Å². The van der Waals surface area contributed by atoms with Gasteiger partial charge in [0.2, 0.25) is 0 Å². The second-order valence-electron chi connectivity index (χ2n) is 6.34. The Morgan fingerprint density at radius 2 is 1.96 bits per heavy atom. The summed E-state index contributed by atoms with van der Waals surface area (Å²) in [5.41, 5.74) is 2.36. The second kappa shape index (κ2) is 9.72. The minimum Gasteiger partial charge on any atom is -0.381 e. The first-order chi connectivity index (χ1) is 11.4. The van der Waals surface area contributed by atoms with Gasteiger partial charge in [-0.3, -0.25) is 4.99 Å². The zero-order valence-corrected chi connectivity index (χ0v) is 18.2. The third-order valence-electron chi connectivity index (χ3n) is 4.53. The van der Waals surface area contributed by atoms with Gasteiger partial charge in [0.25, 0.3) is 0 Å². The zero-order chi connectivity index (χ0) is 17.6. The normalized spacial score (nSPS) is 17.5.